The molecule has 3 nitrogen and oxygen atoms in total. The number of hydrogen-bond donors (Lipinski definition) is 2. The highest BCUT2D eigenvalue weighted by molar-refractivity contribution is 5.57. The van der Waals surface area contributed by atoms with Crippen molar-refractivity contribution in [3.05, 3.63) is 29.1 Å². The predicted molar refractivity (Wildman–Crippen MR) is 75.8 cm³/mol. The zero-order valence-corrected chi connectivity index (χ0v) is 11.9. The molecule has 4 heteroatoms. The monoisotopic (exact) mass is 266 g/mol. The third-order valence-corrected chi connectivity index (χ3v) is 3.98. The Kier molecular flexibility index (Phi) is 3.83. The summed E-state index contributed by atoms with van der Waals surface area (Å²) >= 11 is 0. The van der Waals surface area contributed by atoms with Gasteiger partial charge in [0, 0.05) is 24.8 Å². The fourth-order valence-electron chi connectivity index (χ4n) is 2.55. The van der Waals surface area contributed by atoms with Crippen molar-refractivity contribution in [3.8, 4) is 0 Å². The van der Waals surface area contributed by atoms with Gasteiger partial charge in [-0.05, 0) is 56.9 Å². The number of nitrogens with zero attached hydrogens (tertiary/aromatic N) is 1. The fourth-order valence-corrected chi connectivity index (χ4v) is 2.55. The van der Waals surface area contributed by atoms with Crippen LogP contribution in [-0.4, -0.2) is 23.8 Å². The van der Waals surface area contributed by atoms with E-state index in [1.54, 1.807) is 13.0 Å². The summed E-state index contributed by atoms with van der Waals surface area (Å²) in [5.41, 5.74) is 7.85. The number of anilines is 1. The minimum absolute atomic E-state index is 0.201. The first-order valence-electron chi connectivity index (χ1n) is 6.83. The summed E-state index contributed by atoms with van der Waals surface area (Å²) in [6.45, 7) is 7.06. The van der Waals surface area contributed by atoms with E-state index < -0.39 is 5.60 Å². The molecule has 19 heavy (non-hydrogen) atoms. The average Bonchev–Trinajstić information content (AvgIpc) is 2.32. The van der Waals surface area contributed by atoms with Crippen molar-refractivity contribution in [2.24, 2.45) is 5.73 Å². The van der Waals surface area contributed by atoms with E-state index in [0.717, 1.165) is 37.2 Å². The lowest BCUT2D eigenvalue weighted by Gasteiger charge is -2.38. The molecule has 1 aromatic rings. The molecule has 1 fully saturated rings. The van der Waals surface area contributed by atoms with Gasteiger partial charge >= 0.3 is 0 Å². The smallest absolute Gasteiger partial charge is 0.126 e. The van der Waals surface area contributed by atoms with Crippen LogP contribution in [0.5, 0.6) is 0 Å². The van der Waals surface area contributed by atoms with Crippen LogP contribution >= 0.6 is 0 Å². The summed E-state index contributed by atoms with van der Waals surface area (Å²) < 4.78 is 13.7. The second-order valence-corrected chi connectivity index (χ2v) is 5.93. The molecule has 1 aliphatic rings. The number of nitrogens with two attached hydrogens (primary N) is 1. The van der Waals surface area contributed by atoms with Crippen molar-refractivity contribution in [2.45, 2.75) is 45.3 Å². The normalized spacial score (nSPS) is 20.4. The molecule has 2 rings (SSSR count). The maximum Gasteiger partial charge on any atom is 0.126 e. The first-order chi connectivity index (χ1) is 8.80. The molecule has 0 unspecified atom stereocenters. The molecule has 1 aliphatic heterocycles. The van der Waals surface area contributed by atoms with Crippen LogP contribution in [0.25, 0.3) is 0 Å². The van der Waals surface area contributed by atoms with E-state index in [0.29, 0.717) is 5.56 Å². The van der Waals surface area contributed by atoms with Crippen molar-refractivity contribution < 1.29 is 9.50 Å². The standard InChI is InChI=1S/C15H23FN2O/c1-10-8-14(12(11(2)17)9-13(10)16)18-6-4-15(3,19)5-7-18/h8-9,11,19H,4-7,17H2,1-3H3/t11-/m1/s1. The summed E-state index contributed by atoms with van der Waals surface area (Å²) in [6.07, 6.45) is 1.45. The van der Waals surface area contributed by atoms with Gasteiger partial charge in [0.25, 0.3) is 0 Å². The lowest BCUT2D eigenvalue weighted by molar-refractivity contribution is 0.0351. The van der Waals surface area contributed by atoms with Crippen LogP contribution in [0, 0.1) is 12.7 Å². The largest absolute Gasteiger partial charge is 0.390 e. The molecule has 0 bridgehead atoms. The highest BCUT2D eigenvalue weighted by atomic mass is 19.1. The van der Waals surface area contributed by atoms with Gasteiger partial charge in [-0.15, -0.1) is 0 Å². The molecular weight excluding hydrogens is 243 g/mol. The topological polar surface area (TPSA) is 49.5 Å². The minimum Gasteiger partial charge on any atom is -0.390 e. The number of rotatable bonds is 2. The van der Waals surface area contributed by atoms with E-state index in [1.807, 2.05) is 19.9 Å². The molecule has 0 amide bonds. The van der Waals surface area contributed by atoms with Gasteiger partial charge in [0.05, 0.1) is 5.60 Å². The molecule has 0 aromatic heterocycles. The maximum atomic E-state index is 13.7. The molecule has 0 saturated carbocycles. The van der Waals surface area contributed by atoms with Crippen LogP contribution < -0.4 is 10.6 Å². The van der Waals surface area contributed by atoms with E-state index in [4.69, 9.17) is 5.73 Å². The van der Waals surface area contributed by atoms with Crippen LogP contribution in [0.2, 0.25) is 0 Å². The zero-order valence-electron chi connectivity index (χ0n) is 11.9. The van der Waals surface area contributed by atoms with Crippen LogP contribution in [0.1, 0.15) is 43.9 Å². The molecule has 0 spiro atoms. The Morgan fingerprint density at radius 2 is 1.95 bits per heavy atom. The van der Waals surface area contributed by atoms with E-state index in [-0.39, 0.29) is 11.9 Å². The Morgan fingerprint density at radius 1 is 1.37 bits per heavy atom. The quantitative estimate of drug-likeness (QED) is 0.864. The average molecular weight is 266 g/mol. The van der Waals surface area contributed by atoms with Gasteiger partial charge in [0.1, 0.15) is 5.82 Å². The molecule has 0 radical (unpaired) electrons. The van der Waals surface area contributed by atoms with E-state index in [2.05, 4.69) is 4.90 Å². The summed E-state index contributed by atoms with van der Waals surface area (Å²) in [7, 11) is 0. The number of aryl methyl sites for hydroxylation is 1. The van der Waals surface area contributed by atoms with Crippen molar-refractivity contribution >= 4 is 5.69 Å². The van der Waals surface area contributed by atoms with Gasteiger partial charge < -0.3 is 15.7 Å². The van der Waals surface area contributed by atoms with Crippen molar-refractivity contribution in [1.29, 1.82) is 0 Å². The second kappa shape index (κ2) is 5.10. The number of hydrogen-bond acceptors (Lipinski definition) is 3. The Bertz CT molecular complexity index is 461. The van der Waals surface area contributed by atoms with E-state index in [1.165, 1.54) is 0 Å². The first kappa shape index (κ1) is 14.3. The van der Waals surface area contributed by atoms with Crippen LogP contribution in [0.3, 0.4) is 0 Å². The highest BCUT2D eigenvalue weighted by Gasteiger charge is 2.28. The molecule has 1 aromatic carbocycles. The summed E-state index contributed by atoms with van der Waals surface area (Å²) in [6, 6.07) is 3.21. The Balaban J connectivity index is 2.31. The zero-order chi connectivity index (χ0) is 14.2. The van der Waals surface area contributed by atoms with Gasteiger partial charge in [-0.2, -0.15) is 0 Å². The number of benzene rings is 1. The SMILES string of the molecule is Cc1cc(N2CCC(C)(O)CC2)c([C@@H](C)N)cc1F. The third-order valence-electron chi connectivity index (χ3n) is 3.98. The van der Waals surface area contributed by atoms with Gasteiger partial charge in [-0.3, -0.25) is 0 Å². The lowest BCUT2D eigenvalue weighted by atomic mass is 9.92. The first-order valence-corrected chi connectivity index (χ1v) is 6.83. The van der Waals surface area contributed by atoms with Gasteiger partial charge in [-0.1, -0.05) is 0 Å². The van der Waals surface area contributed by atoms with E-state index >= 15 is 0 Å². The molecule has 1 saturated heterocycles. The van der Waals surface area contributed by atoms with Crippen molar-refractivity contribution in [3.63, 3.8) is 0 Å². The fraction of sp³-hybridized carbons (Fsp3) is 0.600. The van der Waals surface area contributed by atoms with Crippen molar-refractivity contribution in [1.82, 2.24) is 0 Å². The molecule has 106 valence electrons. The Labute approximate surface area is 114 Å². The third kappa shape index (κ3) is 3.07. The maximum absolute atomic E-state index is 13.7. The Hall–Kier alpha value is -1.13. The molecule has 1 atom stereocenters. The van der Waals surface area contributed by atoms with Gasteiger partial charge in [0.15, 0.2) is 0 Å². The summed E-state index contributed by atoms with van der Waals surface area (Å²) in [5, 5.41) is 10.0. The second-order valence-electron chi connectivity index (χ2n) is 5.93. The molecule has 1 heterocycles. The van der Waals surface area contributed by atoms with Crippen LogP contribution in [0.4, 0.5) is 10.1 Å². The minimum atomic E-state index is -0.583. The molecular formula is C15H23FN2O. The predicted octanol–water partition coefficient (Wildman–Crippen LogP) is 2.51. The molecule has 0 aliphatic carbocycles. The van der Waals surface area contributed by atoms with Gasteiger partial charge in [-0.25, -0.2) is 4.39 Å². The van der Waals surface area contributed by atoms with E-state index in [9.17, 15) is 9.50 Å². The summed E-state index contributed by atoms with van der Waals surface area (Å²) in [4.78, 5) is 2.20. The highest BCUT2D eigenvalue weighted by Crippen LogP contribution is 2.32. The Morgan fingerprint density at radius 3 is 2.47 bits per heavy atom. The van der Waals surface area contributed by atoms with Crippen molar-refractivity contribution in [2.75, 3.05) is 18.0 Å². The summed E-state index contributed by atoms with van der Waals surface area (Å²) in [5.74, 6) is -0.208. The van der Waals surface area contributed by atoms with Crippen LogP contribution in [-0.2, 0) is 0 Å². The van der Waals surface area contributed by atoms with Gasteiger partial charge in [0.2, 0.25) is 0 Å². The molecule has 3 N–H and O–H groups in total. The number of piperidine rings is 1. The van der Waals surface area contributed by atoms with Crippen LogP contribution in [0.15, 0.2) is 12.1 Å². The lowest BCUT2D eigenvalue weighted by Crippen LogP contribution is -2.43. The number of halogens is 1. The number of aliphatic hydroxyl groups is 1.